The summed E-state index contributed by atoms with van der Waals surface area (Å²) in [6.07, 6.45) is -0.00104. The van der Waals surface area contributed by atoms with Crippen LogP contribution in [0, 0.1) is 5.92 Å². The molecule has 38 heavy (non-hydrogen) atoms. The molecular weight excluding hydrogens is 527 g/mol. The number of rotatable bonds is 7. The van der Waals surface area contributed by atoms with E-state index in [1.54, 1.807) is 36.4 Å². The topological polar surface area (TPSA) is 84.9 Å². The van der Waals surface area contributed by atoms with Gasteiger partial charge in [0, 0.05) is 23.7 Å². The van der Waals surface area contributed by atoms with Crippen molar-refractivity contribution in [1.29, 1.82) is 0 Å². The Labute approximate surface area is 231 Å². The number of carbonyl (C=O) groups excluding carboxylic acids is 3. The molecule has 0 radical (unpaired) electrons. The van der Waals surface area contributed by atoms with Crippen LogP contribution >= 0.6 is 23.2 Å². The second-order valence-electron chi connectivity index (χ2n) is 10.1. The normalized spacial score (nSPS) is 15.3. The molecule has 1 aliphatic rings. The molecule has 1 heterocycles. The van der Waals surface area contributed by atoms with Gasteiger partial charge >= 0.3 is 5.97 Å². The van der Waals surface area contributed by atoms with Gasteiger partial charge in [0.2, 0.25) is 5.91 Å². The highest BCUT2D eigenvalue weighted by Crippen LogP contribution is 2.31. The Morgan fingerprint density at radius 1 is 0.974 bits per heavy atom. The third-order valence-corrected chi connectivity index (χ3v) is 6.68. The van der Waals surface area contributed by atoms with Crippen molar-refractivity contribution in [2.24, 2.45) is 5.92 Å². The molecule has 3 aromatic rings. The summed E-state index contributed by atoms with van der Waals surface area (Å²) in [5, 5.41) is 3.26. The van der Waals surface area contributed by atoms with Crippen LogP contribution in [0.5, 0.6) is 11.5 Å². The molecular formula is C29H28Cl2N2O5. The summed E-state index contributed by atoms with van der Waals surface area (Å²) in [7, 11) is 0. The Kier molecular flexibility index (Phi) is 8.29. The van der Waals surface area contributed by atoms with Gasteiger partial charge in [-0.3, -0.25) is 14.4 Å². The van der Waals surface area contributed by atoms with Crippen LogP contribution in [-0.4, -0.2) is 30.9 Å². The molecule has 1 N–H and O–H groups in total. The minimum atomic E-state index is -0.678. The zero-order valence-electron chi connectivity index (χ0n) is 21.3. The van der Waals surface area contributed by atoms with Crippen molar-refractivity contribution in [3.05, 3.63) is 82.3 Å². The maximum Gasteiger partial charge on any atom is 0.311 e. The van der Waals surface area contributed by atoms with Gasteiger partial charge in [-0.15, -0.1) is 0 Å². The van der Waals surface area contributed by atoms with Crippen LogP contribution in [0.3, 0.4) is 0 Å². The lowest BCUT2D eigenvalue weighted by Crippen LogP contribution is -2.28. The predicted octanol–water partition coefficient (Wildman–Crippen LogP) is 6.62. The zero-order chi connectivity index (χ0) is 27.4. The van der Waals surface area contributed by atoms with Crippen molar-refractivity contribution in [1.82, 2.24) is 0 Å². The van der Waals surface area contributed by atoms with Gasteiger partial charge in [0.15, 0.2) is 6.61 Å². The third-order valence-electron chi connectivity index (χ3n) is 6.11. The fourth-order valence-corrected chi connectivity index (χ4v) is 4.34. The molecule has 1 fully saturated rings. The highest BCUT2D eigenvalue weighted by molar-refractivity contribution is 6.35. The Balaban J connectivity index is 1.30. The van der Waals surface area contributed by atoms with E-state index >= 15 is 0 Å². The molecule has 4 rings (SSSR count). The lowest BCUT2D eigenvalue weighted by atomic mass is 9.87. The maximum absolute atomic E-state index is 12.6. The number of halogens is 2. The predicted molar refractivity (Wildman–Crippen MR) is 148 cm³/mol. The van der Waals surface area contributed by atoms with Crippen molar-refractivity contribution in [2.45, 2.75) is 32.6 Å². The van der Waals surface area contributed by atoms with E-state index in [0.717, 1.165) is 0 Å². The molecule has 0 bridgehead atoms. The van der Waals surface area contributed by atoms with E-state index in [0.29, 0.717) is 32.9 Å². The second kappa shape index (κ2) is 11.5. The number of hydrogen-bond donors (Lipinski definition) is 1. The minimum absolute atomic E-state index is 0.00104. The van der Waals surface area contributed by atoms with Gasteiger partial charge in [0.1, 0.15) is 11.5 Å². The number of esters is 1. The van der Waals surface area contributed by atoms with Gasteiger partial charge in [-0.2, -0.15) is 0 Å². The standard InChI is InChI=1S/C29H28Cl2N2O5/c1-29(2,3)19-4-9-22(10-5-19)38-23-11-7-21(8-12-23)33-16-18(14-27(33)35)28(36)37-17-26(34)32-25-15-20(30)6-13-24(25)31/h4-13,15,18H,14,16-17H2,1-3H3,(H,32,34)/t18-/m0/s1. The average Bonchev–Trinajstić information content (AvgIpc) is 3.26. The quantitative estimate of drug-likeness (QED) is 0.332. The van der Waals surface area contributed by atoms with Crippen molar-refractivity contribution >= 4 is 52.4 Å². The molecule has 7 nitrogen and oxygen atoms in total. The van der Waals surface area contributed by atoms with Gasteiger partial charge in [0.25, 0.3) is 5.91 Å². The highest BCUT2D eigenvalue weighted by Gasteiger charge is 2.36. The van der Waals surface area contributed by atoms with Crippen molar-refractivity contribution in [3.63, 3.8) is 0 Å². The Bertz CT molecular complexity index is 1330. The first-order chi connectivity index (χ1) is 18.0. The average molecular weight is 555 g/mol. The van der Waals surface area contributed by atoms with Crippen LogP contribution in [0.25, 0.3) is 0 Å². The molecule has 1 atom stereocenters. The number of anilines is 2. The van der Waals surface area contributed by atoms with Crippen LogP contribution < -0.4 is 15.0 Å². The fraction of sp³-hybridized carbons (Fsp3) is 0.276. The van der Waals surface area contributed by atoms with Gasteiger partial charge in [0.05, 0.1) is 16.6 Å². The van der Waals surface area contributed by atoms with Gasteiger partial charge in [-0.25, -0.2) is 0 Å². The summed E-state index contributed by atoms with van der Waals surface area (Å²) in [6, 6.07) is 19.7. The van der Waals surface area contributed by atoms with Crippen LogP contribution in [0.1, 0.15) is 32.8 Å². The number of carbonyl (C=O) groups is 3. The first-order valence-corrected chi connectivity index (χ1v) is 12.9. The number of ether oxygens (including phenoxy) is 2. The van der Waals surface area contributed by atoms with Gasteiger partial charge < -0.3 is 19.7 Å². The number of benzene rings is 3. The van der Waals surface area contributed by atoms with E-state index in [4.69, 9.17) is 32.7 Å². The molecule has 1 saturated heterocycles. The zero-order valence-corrected chi connectivity index (χ0v) is 22.8. The number of hydrogen-bond acceptors (Lipinski definition) is 5. The number of nitrogens with one attached hydrogen (secondary N) is 1. The Morgan fingerprint density at radius 2 is 1.61 bits per heavy atom. The summed E-state index contributed by atoms with van der Waals surface area (Å²) in [5.74, 6) is -0.715. The summed E-state index contributed by atoms with van der Waals surface area (Å²) < 4.78 is 11.1. The summed E-state index contributed by atoms with van der Waals surface area (Å²) >= 11 is 12.0. The van der Waals surface area contributed by atoms with E-state index < -0.39 is 24.4 Å². The first-order valence-electron chi connectivity index (χ1n) is 12.1. The summed E-state index contributed by atoms with van der Waals surface area (Å²) in [4.78, 5) is 38.9. The van der Waals surface area contributed by atoms with Gasteiger partial charge in [-0.05, 0) is 65.6 Å². The van der Waals surface area contributed by atoms with Crippen molar-refractivity contribution in [3.8, 4) is 11.5 Å². The molecule has 0 spiro atoms. The number of nitrogens with zero attached hydrogens (tertiary/aromatic N) is 1. The van der Waals surface area contributed by atoms with Crippen LogP contribution in [0.2, 0.25) is 10.0 Å². The molecule has 9 heteroatoms. The largest absolute Gasteiger partial charge is 0.457 e. The molecule has 198 valence electrons. The van der Waals surface area contributed by atoms with E-state index in [-0.39, 0.29) is 24.3 Å². The van der Waals surface area contributed by atoms with Crippen molar-refractivity contribution in [2.75, 3.05) is 23.4 Å². The summed E-state index contributed by atoms with van der Waals surface area (Å²) in [6.45, 7) is 6.12. The molecule has 0 aliphatic carbocycles. The lowest BCUT2D eigenvalue weighted by Gasteiger charge is -2.19. The van der Waals surface area contributed by atoms with Crippen LogP contribution in [-0.2, 0) is 24.5 Å². The molecule has 3 aromatic carbocycles. The van der Waals surface area contributed by atoms with E-state index in [1.807, 2.05) is 24.3 Å². The van der Waals surface area contributed by atoms with Crippen LogP contribution in [0.4, 0.5) is 11.4 Å². The van der Waals surface area contributed by atoms with Crippen LogP contribution in [0.15, 0.2) is 66.7 Å². The van der Waals surface area contributed by atoms with E-state index in [9.17, 15) is 14.4 Å². The second-order valence-corrected chi connectivity index (χ2v) is 10.9. The number of amides is 2. The molecule has 2 amide bonds. The lowest BCUT2D eigenvalue weighted by molar-refractivity contribution is -0.151. The highest BCUT2D eigenvalue weighted by atomic mass is 35.5. The Morgan fingerprint density at radius 3 is 2.24 bits per heavy atom. The molecule has 1 aliphatic heterocycles. The van der Waals surface area contributed by atoms with Crippen molar-refractivity contribution < 1.29 is 23.9 Å². The SMILES string of the molecule is CC(C)(C)c1ccc(Oc2ccc(N3C[C@@H](C(=O)OCC(=O)Nc4cc(Cl)ccc4Cl)CC3=O)cc2)cc1. The Hall–Kier alpha value is -3.55. The maximum atomic E-state index is 12.6. The monoisotopic (exact) mass is 554 g/mol. The summed E-state index contributed by atoms with van der Waals surface area (Å²) in [5.41, 5.74) is 2.24. The molecule has 0 aromatic heterocycles. The van der Waals surface area contributed by atoms with E-state index in [1.165, 1.54) is 16.5 Å². The molecule has 0 unspecified atom stereocenters. The van der Waals surface area contributed by atoms with Gasteiger partial charge in [-0.1, -0.05) is 56.1 Å². The molecule has 0 saturated carbocycles. The fourth-order valence-electron chi connectivity index (χ4n) is 4.00. The smallest absolute Gasteiger partial charge is 0.311 e. The minimum Gasteiger partial charge on any atom is -0.457 e. The van der Waals surface area contributed by atoms with E-state index in [2.05, 4.69) is 26.1 Å². The third kappa shape index (κ3) is 6.85. The first kappa shape index (κ1) is 27.5.